The smallest absolute Gasteiger partial charge is 0.268 e. The molecular weight excluding hydrogens is 334 g/mol. The molecule has 1 aliphatic carbocycles. The normalized spacial score (nSPS) is 14.4. The summed E-state index contributed by atoms with van der Waals surface area (Å²) in [6.45, 7) is 1.28. The summed E-state index contributed by atoms with van der Waals surface area (Å²) in [6, 6.07) is 4.95. The molecule has 2 rings (SSSR count). The Labute approximate surface area is 151 Å². The van der Waals surface area contributed by atoms with E-state index in [1.165, 1.54) is 24.5 Å². The zero-order valence-electron chi connectivity index (χ0n) is 14.0. The van der Waals surface area contributed by atoms with Gasteiger partial charge in [0.1, 0.15) is 6.04 Å². The molecular formula is C19H17N3O4. The fraction of sp³-hybridized carbons (Fsp3) is 0.316. The van der Waals surface area contributed by atoms with Crippen molar-refractivity contribution in [1.82, 2.24) is 10.8 Å². The van der Waals surface area contributed by atoms with E-state index in [-0.39, 0.29) is 11.1 Å². The Balaban J connectivity index is 2.18. The van der Waals surface area contributed by atoms with Gasteiger partial charge in [0, 0.05) is 11.5 Å². The summed E-state index contributed by atoms with van der Waals surface area (Å²) in [4.78, 5) is 23.8. The number of amides is 2. The van der Waals surface area contributed by atoms with Gasteiger partial charge < -0.3 is 10.4 Å². The Morgan fingerprint density at radius 1 is 1.31 bits per heavy atom. The summed E-state index contributed by atoms with van der Waals surface area (Å²) in [5, 5.41) is 29.8. The van der Waals surface area contributed by atoms with E-state index in [0.717, 1.165) is 12.8 Å². The number of nitriles is 1. The lowest BCUT2D eigenvalue weighted by molar-refractivity contribution is -0.133. The van der Waals surface area contributed by atoms with Crippen LogP contribution in [-0.4, -0.2) is 34.3 Å². The number of benzene rings is 1. The number of rotatable bonds is 4. The third-order valence-electron chi connectivity index (χ3n) is 3.67. The van der Waals surface area contributed by atoms with Crippen molar-refractivity contribution >= 4 is 11.8 Å². The molecule has 0 unspecified atom stereocenters. The van der Waals surface area contributed by atoms with E-state index in [0.29, 0.717) is 11.5 Å². The molecule has 2 atom stereocenters. The second-order valence-electron chi connectivity index (χ2n) is 5.83. The fourth-order valence-electron chi connectivity index (χ4n) is 2.08. The molecule has 1 fully saturated rings. The fourth-order valence-corrected chi connectivity index (χ4v) is 2.08. The highest BCUT2D eigenvalue weighted by molar-refractivity contribution is 5.99. The SMILES string of the molecule is C[C@@H](O)[C@H](NC(=O)c1ccc(C#CC#CC2CC2)cc1C#N)C(=O)NO. The molecule has 0 aromatic heterocycles. The molecule has 26 heavy (non-hydrogen) atoms. The van der Waals surface area contributed by atoms with E-state index in [1.807, 2.05) is 6.07 Å². The molecule has 0 saturated heterocycles. The van der Waals surface area contributed by atoms with Crippen molar-refractivity contribution in [2.45, 2.75) is 31.9 Å². The summed E-state index contributed by atoms with van der Waals surface area (Å²) in [5.41, 5.74) is 2.00. The number of aliphatic hydroxyl groups excluding tert-OH is 1. The van der Waals surface area contributed by atoms with Crippen LogP contribution < -0.4 is 10.8 Å². The second kappa shape index (κ2) is 8.69. The van der Waals surface area contributed by atoms with Crippen LogP contribution in [-0.2, 0) is 4.79 Å². The van der Waals surface area contributed by atoms with Crippen LogP contribution in [0.25, 0.3) is 0 Å². The second-order valence-corrected chi connectivity index (χ2v) is 5.83. The minimum absolute atomic E-state index is 0.0264. The largest absolute Gasteiger partial charge is 0.391 e. The number of carbonyl (C=O) groups excluding carboxylic acids is 2. The van der Waals surface area contributed by atoms with E-state index in [4.69, 9.17) is 5.21 Å². The number of nitrogens with zero attached hydrogens (tertiary/aromatic N) is 1. The van der Waals surface area contributed by atoms with Crippen molar-refractivity contribution in [2.75, 3.05) is 0 Å². The molecule has 1 aliphatic rings. The van der Waals surface area contributed by atoms with Crippen LogP contribution in [0, 0.1) is 40.9 Å². The van der Waals surface area contributed by atoms with Gasteiger partial charge in [0.25, 0.3) is 11.8 Å². The Morgan fingerprint density at radius 2 is 2.04 bits per heavy atom. The molecule has 1 saturated carbocycles. The van der Waals surface area contributed by atoms with E-state index >= 15 is 0 Å². The molecule has 4 N–H and O–H groups in total. The van der Waals surface area contributed by atoms with Gasteiger partial charge in [-0.05, 0) is 49.8 Å². The van der Waals surface area contributed by atoms with Gasteiger partial charge in [-0.2, -0.15) is 5.26 Å². The lowest BCUT2D eigenvalue weighted by atomic mass is 10.0. The van der Waals surface area contributed by atoms with Gasteiger partial charge in [-0.3, -0.25) is 14.8 Å². The van der Waals surface area contributed by atoms with Gasteiger partial charge in [-0.25, -0.2) is 5.48 Å². The van der Waals surface area contributed by atoms with Gasteiger partial charge in [-0.15, -0.1) is 0 Å². The van der Waals surface area contributed by atoms with Crippen LogP contribution in [0.5, 0.6) is 0 Å². The molecule has 132 valence electrons. The first-order valence-electron chi connectivity index (χ1n) is 7.94. The maximum absolute atomic E-state index is 12.3. The van der Waals surface area contributed by atoms with E-state index in [2.05, 4.69) is 29.0 Å². The third-order valence-corrected chi connectivity index (χ3v) is 3.67. The number of carbonyl (C=O) groups is 2. The lowest BCUT2D eigenvalue weighted by Crippen LogP contribution is -2.51. The average Bonchev–Trinajstić information content (AvgIpc) is 3.46. The quantitative estimate of drug-likeness (QED) is 0.353. The Bertz CT molecular complexity index is 874. The van der Waals surface area contributed by atoms with Crippen LogP contribution in [0.2, 0.25) is 0 Å². The molecule has 0 heterocycles. The zero-order valence-corrected chi connectivity index (χ0v) is 14.0. The van der Waals surface area contributed by atoms with E-state index in [9.17, 15) is 20.0 Å². The number of hydrogen-bond donors (Lipinski definition) is 4. The van der Waals surface area contributed by atoms with Crippen LogP contribution in [0.4, 0.5) is 0 Å². The van der Waals surface area contributed by atoms with Crippen molar-refractivity contribution in [1.29, 1.82) is 5.26 Å². The molecule has 7 nitrogen and oxygen atoms in total. The van der Waals surface area contributed by atoms with E-state index < -0.39 is 24.0 Å². The molecule has 0 bridgehead atoms. The number of nitrogens with one attached hydrogen (secondary N) is 2. The van der Waals surface area contributed by atoms with Crippen LogP contribution in [0.1, 0.15) is 41.3 Å². The molecule has 1 aromatic rings. The first kappa shape index (κ1) is 19.0. The highest BCUT2D eigenvalue weighted by atomic mass is 16.5. The maximum Gasteiger partial charge on any atom is 0.268 e. The highest BCUT2D eigenvalue weighted by Gasteiger charge is 2.26. The van der Waals surface area contributed by atoms with Crippen molar-refractivity contribution in [3.8, 4) is 29.8 Å². The monoisotopic (exact) mass is 351 g/mol. The highest BCUT2D eigenvalue weighted by Crippen LogP contribution is 2.27. The van der Waals surface area contributed by atoms with E-state index in [1.54, 1.807) is 6.07 Å². The number of hydroxylamine groups is 1. The summed E-state index contributed by atoms with van der Waals surface area (Å²) in [7, 11) is 0. The average molecular weight is 351 g/mol. The zero-order chi connectivity index (χ0) is 19.1. The third kappa shape index (κ3) is 5.09. The molecule has 2 amide bonds. The van der Waals surface area contributed by atoms with Crippen molar-refractivity contribution in [3.05, 3.63) is 34.9 Å². The first-order chi connectivity index (χ1) is 12.5. The van der Waals surface area contributed by atoms with Crippen LogP contribution in [0.3, 0.4) is 0 Å². The van der Waals surface area contributed by atoms with Crippen molar-refractivity contribution < 1.29 is 19.9 Å². The molecule has 7 heteroatoms. The summed E-state index contributed by atoms with van der Waals surface area (Å²) in [6.07, 6.45) is 0.976. The number of aliphatic hydroxyl groups is 1. The minimum Gasteiger partial charge on any atom is -0.391 e. The number of hydrogen-bond acceptors (Lipinski definition) is 5. The van der Waals surface area contributed by atoms with Gasteiger partial charge in [0.05, 0.1) is 23.3 Å². The molecule has 0 aliphatic heterocycles. The van der Waals surface area contributed by atoms with Crippen LogP contribution >= 0.6 is 0 Å². The predicted octanol–water partition coefficient (Wildman–Crippen LogP) is 0.308. The van der Waals surface area contributed by atoms with Gasteiger partial charge in [0.2, 0.25) is 0 Å². The topological polar surface area (TPSA) is 122 Å². The summed E-state index contributed by atoms with van der Waals surface area (Å²) >= 11 is 0. The molecule has 1 aromatic carbocycles. The van der Waals surface area contributed by atoms with Gasteiger partial charge in [-0.1, -0.05) is 11.8 Å². The van der Waals surface area contributed by atoms with Gasteiger partial charge in [0.15, 0.2) is 0 Å². The lowest BCUT2D eigenvalue weighted by Gasteiger charge is -2.19. The Kier molecular flexibility index (Phi) is 6.36. The van der Waals surface area contributed by atoms with Crippen molar-refractivity contribution in [2.24, 2.45) is 5.92 Å². The van der Waals surface area contributed by atoms with Crippen molar-refractivity contribution in [3.63, 3.8) is 0 Å². The first-order valence-corrected chi connectivity index (χ1v) is 7.94. The summed E-state index contributed by atoms with van der Waals surface area (Å²) < 4.78 is 0. The minimum atomic E-state index is -1.36. The van der Waals surface area contributed by atoms with Gasteiger partial charge >= 0.3 is 0 Å². The molecule has 0 radical (unpaired) electrons. The predicted molar refractivity (Wildman–Crippen MR) is 91.4 cm³/mol. The Hall–Kier alpha value is -3.31. The summed E-state index contributed by atoms with van der Waals surface area (Å²) in [5.74, 6) is 10.0. The Morgan fingerprint density at radius 3 is 2.62 bits per heavy atom. The van der Waals surface area contributed by atoms with Crippen LogP contribution in [0.15, 0.2) is 18.2 Å². The maximum atomic E-state index is 12.3. The molecule has 0 spiro atoms. The standard InChI is InChI=1S/C19H17N3O4/c1-12(23)17(19(25)22-26)21-18(24)16-9-8-14(10-15(16)11-20)5-3-2-4-13-6-7-13/h8-10,12-13,17,23,26H,6-7H2,1H3,(H,21,24)(H,22,25)/t12-,17+/m1/s1.